The lowest BCUT2D eigenvalue weighted by Crippen LogP contribution is -2.23. The first kappa shape index (κ1) is 25.2. The van der Waals surface area contributed by atoms with Gasteiger partial charge in [-0.3, -0.25) is 4.79 Å². The van der Waals surface area contributed by atoms with Crippen LogP contribution < -0.4 is 29.0 Å². The van der Waals surface area contributed by atoms with Gasteiger partial charge in [0.2, 0.25) is 4.96 Å². The normalized spacial score (nSPS) is 11.9. The molecule has 0 saturated carbocycles. The Kier molecular flexibility index (Phi) is 8.22. The molecule has 2 heterocycles. The third kappa shape index (κ3) is 5.68. The van der Waals surface area contributed by atoms with Gasteiger partial charge in [0.05, 0.1) is 32.0 Å². The largest absolute Gasteiger partial charge is 0.493 e. The zero-order valence-corrected chi connectivity index (χ0v) is 21.6. The molecule has 0 spiro atoms. The number of ether oxygens (including phenoxy) is 4. The molecule has 2 aromatic heterocycles. The number of benzene rings is 2. The van der Waals surface area contributed by atoms with Gasteiger partial charge >= 0.3 is 0 Å². The molecule has 0 aliphatic heterocycles. The molecule has 0 aliphatic carbocycles. The molecule has 0 amide bonds. The van der Waals surface area contributed by atoms with Crippen LogP contribution in [0, 0.1) is 0 Å². The highest BCUT2D eigenvalue weighted by atomic mass is 32.1. The molecule has 0 unspecified atom stereocenters. The fourth-order valence-corrected chi connectivity index (χ4v) is 4.44. The van der Waals surface area contributed by atoms with Crippen LogP contribution >= 0.6 is 11.3 Å². The lowest BCUT2D eigenvalue weighted by atomic mass is 10.2. The Morgan fingerprint density at radius 2 is 1.67 bits per heavy atom. The molecule has 4 aromatic rings. The smallest absolute Gasteiger partial charge is 0.291 e. The highest BCUT2D eigenvalue weighted by molar-refractivity contribution is 7.15. The molecule has 0 saturated heterocycles. The highest BCUT2D eigenvalue weighted by Crippen LogP contribution is 2.29. The van der Waals surface area contributed by atoms with Crippen LogP contribution in [0.2, 0.25) is 0 Å². The van der Waals surface area contributed by atoms with Crippen LogP contribution in [0.5, 0.6) is 23.0 Å². The van der Waals surface area contributed by atoms with Crippen molar-refractivity contribution in [3.63, 3.8) is 0 Å². The number of methoxy groups -OCH3 is 2. The molecule has 188 valence electrons. The van der Waals surface area contributed by atoms with Crippen molar-refractivity contribution < 1.29 is 18.9 Å². The summed E-state index contributed by atoms with van der Waals surface area (Å²) in [6, 6.07) is 11.3. The second-order valence-corrected chi connectivity index (χ2v) is 8.88. The van der Waals surface area contributed by atoms with E-state index in [1.54, 1.807) is 20.3 Å². The Bertz CT molecular complexity index is 1470. The number of thiazole rings is 1. The molecule has 9 heteroatoms. The molecule has 0 radical (unpaired) electrons. The Labute approximate surface area is 213 Å². The molecule has 4 rings (SSSR count). The maximum absolute atomic E-state index is 13.0. The van der Waals surface area contributed by atoms with E-state index < -0.39 is 0 Å². The number of unbranched alkanes of at least 4 members (excludes halogenated alkanes) is 1. The predicted octanol–water partition coefficient (Wildman–Crippen LogP) is 4.46. The van der Waals surface area contributed by atoms with Crippen molar-refractivity contribution in [1.29, 1.82) is 0 Å². The summed E-state index contributed by atoms with van der Waals surface area (Å²) in [5, 5.41) is 4.36. The lowest BCUT2D eigenvalue weighted by molar-refractivity contribution is 0.272. The zero-order chi connectivity index (χ0) is 25.5. The number of nitrogens with zero attached hydrogens (tertiary/aromatic N) is 3. The summed E-state index contributed by atoms with van der Waals surface area (Å²) < 4.78 is 24.1. The summed E-state index contributed by atoms with van der Waals surface area (Å²) in [5.41, 5.74) is 1.53. The first-order valence-electron chi connectivity index (χ1n) is 11.8. The van der Waals surface area contributed by atoms with E-state index in [4.69, 9.17) is 18.9 Å². The summed E-state index contributed by atoms with van der Waals surface area (Å²) in [4.78, 5) is 18.0. The quantitative estimate of drug-likeness (QED) is 0.277. The minimum Gasteiger partial charge on any atom is -0.493 e. The third-order valence-corrected chi connectivity index (χ3v) is 6.31. The van der Waals surface area contributed by atoms with Gasteiger partial charge in [-0.2, -0.15) is 9.50 Å². The van der Waals surface area contributed by atoms with Crippen molar-refractivity contribution in [3.8, 4) is 23.0 Å². The van der Waals surface area contributed by atoms with Crippen molar-refractivity contribution in [1.82, 2.24) is 14.6 Å². The van der Waals surface area contributed by atoms with Crippen molar-refractivity contribution in [2.75, 3.05) is 27.4 Å². The minimum atomic E-state index is -0.213. The standard InChI is InChI=1S/C27H29N3O5S/c1-5-7-14-35-21-12-9-19(16-23(21)34-6-2)17-24-26(31)30-27(36-24)28-25(29-30)13-10-18-8-11-20(32-3)22(15-18)33-4/h8-13,15-17H,5-7,14H2,1-4H3/b13-10+,24-17-. The van der Waals surface area contributed by atoms with E-state index in [0.717, 1.165) is 24.0 Å². The van der Waals surface area contributed by atoms with E-state index in [0.29, 0.717) is 51.5 Å². The average Bonchev–Trinajstić information content (AvgIpc) is 3.42. The third-order valence-electron chi connectivity index (χ3n) is 5.35. The van der Waals surface area contributed by atoms with Gasteiger partial charge in [-0.25, -0.2) is 0 Å². The Hall–Kier alpha value is -3.85. The van der Waals surface area contributed by atoms with Gasteiger partial charge in [-0.15, -0.1) is 5.10 Å². The average molecular weight is 508 g/mol. The van der Waals surface area contributed by atoms with Crippen LogP contribution in [0.4, 0.5) is 0 Å². The van der Waals surface area contributed by atoms with Crippen LogP contribution in [-0.2, 0) is 0 Å². The SMILES string of the molecule is CCCCOc1ccc(/C=c2\sc3nc(/C=C/c4ccc(OC)c(OC)c4)nn3c2=O)cc1OCC. The summed E-state index contributed by atoms with van der Waals surface area (Å²) in [5.74, 6) is 3.11. The van der Waals surface area contributed by atoms with Crippen LogP contribution in [0.3, 0.4) is 0 Å². The number of aromatic nitrogens is 3. The summed E-state index contributed by atoms with van der Waals surface area (Å²) in [7, 11) is 3.19. The van der Waals surface area contributed by atoms with E-state index in [1.807, 2.05) is 55.5 Å². The van der Waals surface area contributed by atoms with Gasteiger partial charge in [0.1, 0.15) is 0 Å². The van der Waals surface area contributed by atoms with Gasteiger partial charge < -0.3 is 18.9 Å². The van der Waals surface area contributed by atoms with Gasteiger partial charge in [0.25, 0.3) is 5.56 Å². The first-order valence-corrected chi connectivity index (χ1v) is 12.6. The maximum atomic E-state index is 13.0. The van der Waals surface area contributed by atoms with Crippen LogP contribution in [-0.4, -0.2) is 42.0 Å². The molecule has 0 atom stereocenters. The van der Waals surface area contributed by atoms with E-state index >= 15 is 0 Å². The highest BCUT2D eigenvalue weighted by Gasteiger charge is 2.11. The van der Waals surface area contributed by atoms with Gasteiger partial charge in [-0.1, -0.05) is 42.9 Å². The van der Waals surface area contributed by atoms with Crippen molar-refractivity contribution in [2.45, 2.75) is 26.7 Å². The molecule has 0 N–H and O–H groups in total. The molecule has 36 heavy (non-hydrogen) atoms. The number of rotatable bonds is 11. The monoisotopic (exact) mass is 507 g/mol. The van der Waals surface area contributed by atoms with E-state index in [-0.39, 0.29) is 5.56 Å². The van der Waals surface area contributed by atoms with Crippen LogP contribution in [0.1, 0.15) is 43.6 Å². The minimum absolute atomic E-state index is 0.213. The zero-order valence-electron chi connectivity index (χ0n) is 20.8. The van der Waals surface area contributed by atoms with Crippen molar-refractivity contribution >= 4 is 34.5 Å². The fourth-order valence-electron chi connectivity index (χ4n) is 3.53. The van der Waals surface area contributed by atoms with Gasteiger partial charge in [-0.05, 0) is 60.9 Å². The summed E-state index contributed by atoms with van der Waals surface area (Å²) in [6.45, 7) is 5.21. The van der Waals surface area contributed by atoms with Crippen molar-refractivity contribution in [2.24, 2.45) is 0 Å². The van der Waals surface area contributed by atoms with E-state index in [9.17, 15) is 4.79 Å². The van der Waals surface area contributed by atoms with E-state index in [2.05, 4.69) is 17.0 Å². The molecule has 0 bridgehead atoms. The second-order valence-electron chi connectivity index (χ2n) is 7.87. The molecule has 0 aliphatic rings. The summed E-state index contributed by atoms with van der Waals surface area (Å²) >= 11 is 1.29. The Morgan fingerprint density at radius 3 is 2.39 bits per heavy atom. The Balaban J connectivity index is 1.58. The van der Waals surface area contributed by atoms with Gasteiger partial charge in [0, 0.05) is 0 Å². The molecule has 8 nitrogen and oxygen atoms in total. The predicted molar refractivity (Wildman–Crippen MR) is 142 cm³/mol. The topological polar surface area (TPSA) is 84.2 Å². The maximum Gasteiger partial charge on any atom is 0.291 e. The lowest BCUT2D eigenvalue weighted by Gasteiger charge is -2.12. The van der Waals surface area contributed by atoms with Crippen molar-refractivity contribution in [3.05, 3.63) is 68.2 Å². The molecular formula is C27H29N3O5S. The number of hydrogen-bond acceptors (Lipinski definition) is 8. The fraction of sp³-hybridized carbons (Fsp3) is 0.296. The first-order chi connectivity index (χ1) is 17.6. The number of hydrogen-bond donors (Lipinski definition) is 0. The summed E-state index contributed by atoms with van der Waals surface area (Å²) in [6.07, 6.45) is 7.48. The molecule has 0 fully saturated rings. The molecular weight excluding hydrogens is 478 g/mol. The van der Waals surface area contributed by atoms with Crippen LogP contribution in [0.15, 0.2) is 41.2 Å². The number of fused-ring (bicyclic) bond motifs is 1. The van der Waals surface area contributed by atoms with Crippen LogP contribution in [0.25, 0.3) is 23.2 Å². The van der Waals surface area contributed by atoms with Gasteiger partial charge in [0.15, 0.2) is 28.8 Å². The Morgan fingerprint density at radius 1 is 0.917 bits per heavy atom. The second kappa shape index (κ2) is 11.7. The van der Waals surface area contributed by atoms with E-state index in [1.165, 1.54) is 15.9 Å². The molecule has 2 aromatic carbocycles.